The van der Waals surface area contributed by atoms with E-state index < -0.39 is 5.60 Å². The van der Waals surface area contributed by atoms with Crippen molar-refractivity contribution in [2.24, 2.45) is 0 Å². The maximum absolute atomic E-state index is 11.1. The lowest BCUT2D eigenvalue weighted by Crippen LogP contribution is -2.43. The maximum atomic E-state index is 11.1. The van der Waals surface area contributed by atoms with Crippen molar-refractivity contribution in [1.29, 1.82) is 0 Å². The molecule has 6 heteroatoms. The number of hydrogen-bond donors (Lipinski definition) is 1. The molecule has 0 amide bonds. The molecular weight excluding hydrogens is 372 g/mol. The maximum Gasteiger partial charge on any atom is 0.128 e. The Morgan fingerprint density at radius 1 is 1.08 bits per heavy atom. The second-order valence-corrected chi connectivity index (χ2v) is 6.87. The first-order chi connectivity index (χ1) is 11.5. The van der Waals surface area contributed by atoms with Gasteiger partial charge in [0.25, 0.3) is 0 Å². The number of anilines is 1. The Morgan fingerprint density at radius 2 is 1.71 bits per heavy atom. The summed E-state index contributed by atoms with van der Waals surface area (Å²) in [6, 6.07) is 9.55. The highest BCUT2D eigenvalue weighted by molar-refractivity contribution is 9.10. The second kappa shape index (κ2) is 6.99. The molecule has 0 aliphatic carbocycles. The van der Waals surface area contributed by atoms with Crippen LogP contribution in [0.4, 0.5) is 5.82 Å². The van der Waals surface area contributed by atoms with Crippen molar-refractivity contribution in [2.75, 3.05) is 32.2 Å². The number of aromatic nitrogens is 1. The number of aliphatic hydroxyl groups is 1. The Kier molecular flexibility index (Phi) is 4.96. The topological polar surface area (TPSA) is 54.8 Å². The summed E-state index contributed by atoms with van der Waals surface area (Å²) in [4.78, 5) is 6.63. The van der Waals surface area contributed by atoms with E-state index in [2.05, 4.69) is 25.8 Å². The summed E-state index contributed by atoms with van der Waals surface area (Å²) in [6.07, 6.45) is 3.05. The van der Waals surface area contributed by atoms with E-state index in [9.17, 15) is 5.11 Å². The van der Waals surface area contributed by atoms with Crippen LogP contribution in [0.15, 0.2) is 41.0 Å². The van der Waals surface area contributed by atoms with Gasteiger partial charge in [-0.3, -0.25) is 0 Å². The number of rotatable bonds is 4. The van der Waals surface area contributed by atoms with Crippen LogP contribution in [-0.4, -0.2) is 37.4 Å². The van der Waals surface area contributed by atoms with Gasteiger partial charge >= 0.3 is 0 Å². The van der Waals surface area contributed by atoms with Crippen molar-refractivity contribution < 1.29 is 14.6 Å². The molecule has 0 saturated carbocycles. The molecule has 0 atom stereocenters. The molecule has 1 aliphatic heterocycles. The van der Waals surface area contributed by atoms with Gasteiger partial charge in [-0.05, 0) is 58.6 Å². The summed E-state index contributed by atoms with van der Waals surface area (Å²) in [5.74, 6) is 2.31. The molecule has 1 N–H and O–H groups in total. The predicted octanol–water partition coefficient (Wildman–Crippen LogP) is 3.35. The van der Waals surface area contributed by atoms with Crippen LogP contribution >= 0.6 is 15.9 Å². The van der Waals surface area contributed by atoms with Crippen molar-refractivity contribution >= 4 is 21.7 Å². The Morgan fingerprint density at radius 3 is 2.21 bits per heavy atom. The molecule has 128 valence electrons. The third kappa shape index (κ3) is 3.49. The molecule has 1 aromatic carbocycles. The van der Waals surface area contributed by atoms with Crippen molar-refractivity contribution in [3.8, 4) is 11.5 Å². The van der Waals surface area contributed by atoms with Gasteiger partial charge in [0.15, 0.2) is 0 Å². The summed E-state index contributed by atoms with van der Waals surface area (Å²) < 4.78 is 11.6. The van der Waals surface area contributed by atoms with Gasteiger partial charge in [0.05, 0.1) is 19.8 Å². The fraction of sp³-hybridized carbons (Fsp3) is 0.389. The van der Waals surface area contributed by atoms with Gasteiger partial charge in [0.2, 0.25) is 0 Å². The average Bonchev–Trinajstić information content (AvgIpc) is 2.62. The SMILES string of the molecule is COc1cc(OC)cc(C2(O)CCN(c3ccc(Br)cn3)CC2)c1. The average molecular weight is 393 g/mol. The third-order valence-electron chi connectivity index (χ3n) is 4.52. The molecule has 0 unspecified atom stereocenters. The molecule has 0 spiro atoms. The predicted molar refractivity (Wildman–Crippen MR) is 96.8 cm³/mol. The first kappa shape index (κ1) is 17.0. The van der Waals surface area contributed by atoms with Gasteiger partial charge < -0.3 is 19.5 Å². The zero-order valence-electron chi connectivity index (χ0n) is 13.8. The van der Waals surface area contributed by atoms with E-state index in [1.165, 1.54) is 0 Å². The van der Waals surface area contributed by atoms with Gasteiger partial charge in [-0.1, -0.05) is 0 Å². The Hall–Kier alpha value is -1.79. The van der Waals surface area contributed by atoms with E-state index in [1.807, 2.05) is 30.3 Å². The number of nitrogens with zero attached hydrogens (tertiary/aromatic N) is 2. The lowest BCUT2D eigenvalue weighted by molar-refractivity contribution is 0.0113. The molecule has 5 nitrogen and oxygen atoms in total. The molecule has 1 saturated heterocycles. The lowest BCUT2D eigenvalue weighted by Gasteiger charge is -2.39. The summed E-state index contributed by atoms with van der Waals surface area (Å²) >= 11 is 3.40. The van der Waals surface area contributed by atoms with Gasteiger partial charge in [-0.15, -0.1) is 0 Å². The highest BCUT2D eigenvalue weighted by Gasteiger charge is 2.35. The molecule has 2 aromatic rings. The monoisotopic (exact) mass is 392 g/mol. The lowest BCUT2D eigenvalue weighted by atomic mass is 9.84. The number of methoxy groups -OCH3 is 2. The summed E-state index contributed by atoms with van der Waals surface area (Å²) in [5.41, 5.74) is -0.0460. The zero-order valence-corrected chi connectivity index (χ0v) is 15.4. The normalized spacial score (nSPS) is 16.8. The van der Waals surface area contributed by atoms with Gasteiger partial charge in [0, 0.05) is 29.8 Å². The molecule has 0 bridgehead atoms. The quantitative estimate of drug-likeness (QED) is 0.864. The van der Waals surface area contributed by atoms with E-state index >= 15 is 0 Å². The third-order valence-corrected chi connectivity index (χ3v) is 4.98. The molecule has 24 heavy (non-hydrogen) atoms. The van der Waals surface area contributed by atoms with Crippen LogP contribution < -0.4 is 14.4 Å². The number of piperidine rings is 1. The van der Waals surface area contributed by atoms with Gasteiger partial charge in [-0.25, -0.2) is 4.98 Å². The summed E-state index contributed by atoms with van der Waals surface area (Å²) in [7, 11) is 3.23. The zero-order chi connectivity index (χ0) is 17.2. The van der Waals surface area contributed by atoms with Crippen LogP contribution in [-0.2, 0) is 5.60 Å². The Labute approximate surface area is 150 Å². The molecule has 1 aromatic heterocycles. The van der Waals surface area contributed by atoms with Gasteiger partial charge in [0.1, 0.15) is 17.3 Å². The minimum atomic E-state index is -0.881. The van der Waals surface area contributed by atoms with Crippen LogP contribution in [0.5, 0.6) is 11.5 Å². The van der Waals surface area contributed by atoms with Crippen LogP contribution in [0.2, 0.25) is 0 Å². The molecule has 1 fully saturated rings. The fourth-order valence-electron chi connectivity index (χ4n) is 3.03. The van der Waals surface area contributed by atoms with Crippen LogP contribution in [0.3, 0.4) is 0 Å². The van der Waals surface area contributed by atoms with Crippen molar-refractivity contribution in [1.82, 2.24) is 4.98 Å². The van der Waals surface area contributed by atoms with Crippen LogP contribution in [0.1, 0.15) is 18.4 Å². The minimum Gasteiger partial charge on any atom is -0.497 e. The number of pyridine rings is 1. The number of halogens is 1. The second-order valence-electron chi connectivity index (χ2n) is 5.95. The highest BCUT2D eigenvalue weighted by Crippen LogP contribution is 2.37. The Balaban J connectivity index is 1.78. The molecule has 0 radical (unpaired) electrons. The number of ether oxygens (including phenoxy) is 2. The van der Waals surface area contributed by atoms with Crippen molar-refractivity contribution in [2.45, 2.75) is 18.4 Å². The summed E-state index contributed by atoms with van der Waals surface area (Å²) in [6.45, 7) is 1.48. The Bertz CT molecular complexity index is 676. The number of benzene rings is 1. The smallest absolute Gasteiger partial charge is 0.128 e. The van der Waals surface area contributed by atoms with Crippen LogP contribution in [0.25, 0.3) is 0 Å². The molecule has 3 rings (SSSR count). The molecular formula is C18H21BrN2O3. The van der Waals surface area contributed by atoms with Crippen molar-refractivity contribution in [3.05, 3.63) is 46.6 Å². The standard InChI is InChI=1S/C18H21BrN2O3/c1-23-15-9-13(10-16(11-15)24-2)18(22)5-7-21(8-6-18)17-4-3-14(19)12-20-17/h3-4,9-12,22H,5-8H2,1-2H3. The van der Waals surface area contributed by atoms with E-state index in [-0.39, 0.29) is 0 Å². The van der Waals surface area contributed by atoms with Crippen LogP contribution in [0, 0.1) is 0 Å². The largest absolute Gasteiger partial charge is 0.497 e. The molecule has 2 heterocycles. The summed E-state index contributed by atoms with van der Waals surface area (Å²) in [5, 5.41) is 11.1. The molecule has 1 aliphatic rings. The van der Waals surface area contributed by atoms with E-state index in [1.54, 1.807) is 20.4 Å². The minimum absolute atomic E-state index is 0.626. The van der Waals surface area contributed by atoms with Gasteiger partial charge in [-0.2, -0.15) is 0 Å². The fourth-order valence-corrected chi connectivity index (χ4v) is 3.26. The highest BCUT2D eigenvalue weighted by atomic mass is 79.9. The number of hydrogen-bond acceptors (Lipinski definition) is 5. The van der Waals surface area contributed by atoms with E-state index in [0.29, 0.717) is 24.3 Å². The van der Waals surface area contributed by atoms with E-state index in [4.69, 9.17) is 9.47 Å². The van der Waals surface area contributed by atoms with E-state index in [0.717, 1.165) is 28.9 Å². The first-order valence-corrected chi connectivity index (χ1v) is 8.66. The van der Waals surface area contributed by atoms with Crippen molar-refractivity contribution in [3.63, 3.8) is 0 Å². The first-order valence-electron chi connectivity index (χ1n) is 7.86.